The van der Waals surface area contributed by atoms with Crippen molar-refractivity contribution in [2.24, 2.45) is 0 Å². The molecule has 59 valence electrons. The summed E-state index contributed by atoms with van der Waals surface area (Å²) in [7, 11) is 12.9. The molecule has 0 unspecified atom stereocenters. The van der Waals surface area contributed by atoms with Gasteiger partial charge in [0.25, 0.3) is 0 Å². The smallest absolute Gasteiger partial charge is 0.193 e. The minimum Gasteiger partial charge on any atom is -0.289 e. The number of hydrogen-bond donors (Lipinski definition) is 0. The SMILES string of the molecule is [O]c1ccc(SCl)cc1SCl. The number of hydrogen-bond acceptors (Lipinski definition) is 2. The molecule has 0 atom stereocenters. The molecule has 1 aromatic carbocycles. The van der Waals surface area contributed by atoms with E-state index in [1.54, 1.807) is 12.1 Å². The zero-order valence-electron chi connectivity index (χ0n) is 5.21. The van der Waals surface area contributed by atoms with Gasteiger partial charge in [-0.25, -0.2) is 0 Å². The van der Waals surface area contributed by atoms with Gasteiger partial charge in [0.05, 0.1) is 4.90 Å². The van der Waals surface area contributed by atoms with E-state index < -0.39 is 0 Å². The summed E-state index contributed by atoms with van der Waals surface area (Å²) in [5.41, 5.74) is 0. The van der Waals surface area contributed by atoms with E-state index in [2.05, 4.69) is 0 Å². The normalized spacial score (nSPS) is 10.0. The molecule has 1 rings (SSSR count). The summed E-state index contributed by atoms with van der Waals surface area (Å²) in [6.45, 7) is 0. The Bertz CT molecular complexity index is 254. The van der Waals surface area contributed by atoms with E-state index in [9.17, 15) is 5.11 Å². The molecule has 0 amide bonds. The predicted octanol–water partition coefficient (Wildman–Crippen LogP) is 4.32. The summed E-state index contributed by atoms with van der Waals surface area (Å²) in [5.74, 6) is -0.0699. The fourth-order valence-electron chi connectivity index (χ4n) is 0.597. The highest BCUT2D eigenvalue weighted by atomic mass is 35.7. The Morgan fingerprint density at radius 2 is 1.91 bits per heavy atom. The van der Waals surface area contributed by atoms with Crippen molar-refractivity contribution in [3.63, 3.8) is 0 Å². The van der Waals surface area contributed by atoms with Crippen LogP contribution in [-0.2, 0) is 5.11 Å². The average Bonchev–Trinajstić information content (AvgIpc) is 2.05. The van der Waals surface area contributed by atoms with Crippen LogP contribution < -0.4 is 0 Å². The standard InChI is InChI=1S/C6H3Cl2OS2/c7-10-4-1-2-5(9)6(3-4)11-8/h1-3H. The van der Waals surface area contributed by atoms with Crippen LogP contribution in [0.3, 0.4) is 0 Å². The number of halogens is 2. The Morgan fingerprint density at radius 1 is 1.18 bits per heavy atom. The van der Waals surface area contributed by atoms with Crippen LogP contribution in [-0.4, -0.2) is 0 Å². The van der Waals surface area contributed by atoms with Crippen LogP contribution in [0.25, 0.3) is 0 Å². The minimum absolute atomic E-state index is 0.0699. The quantitative estimate of drug-likeness (QED) is 0.748. The van der Waals surface area contributed by atoms with Crippen LogP contribution >= 0.6 is 43.3 Å². The Labute approximate surface area is 82.1 Å². The summed E-state index contributed by atoms with van der Waals surface area (Å²) in [5, 5.41) is 11.0. The van der Waals surface area contributed by atoms with Crippen molar-refractivity contribution in [3.05, 3.63) is 18.2 Å². The summed E-state index contributed by atoms with van der Waals surface area (Å²) in [4.78, 5) is 1.34. The summed E-state index contributed by atoms with van der Waals surface area (Å²) in [6, 6.07) is 4.78. The van der Waals surface area contributed by atoms with Gasteiger partial charge in [-0.3, -0.25) is 5.11 Å². The van der Waals surface area contributed by atoms with Gasteiger partial charge in [-0.2, -0.15) is 0 Å². The maximum atomic E-state index is 11.0. The fourth-order valence-corrected chi connectivity index (χ4v) is 1.92. The Kier molecular flexibility index (Phi) is 3.72. The second-order valence-electron chi connectivity index (χ2n) is 1.76. The van der Waals surface area contributed by atoms with Gasteiger partial charge in [0.2, 0.25) is 0 Å². The highest BCUT2D eigenvalue weighted by Gasteiger charge is 2.03. The molecular weight excluding hydrogens is 223 g/mol. The topological polar surface area (TPSA) is 19.9 Å². The Hall–Kier alpha value is 0.300. The van der Waals surface area contributed by atoms with Crippen molar-refractivity contribution >= 4 is 43.3 Å². The predicted molar refractivity (Wildman–Crippen MR) is 50.0 cm³/mol. The number of rotatable bonds is 2. The van der Waals surface area contributed by atoms with Crippen molar-refractivity contribution in [1.82, 2.24) is 0 Å². The van der Waals surface area contributed by atoms with Crippen LogP contribution in [0.4, 0.5) is 0 Å². The molecular formula is C6H3Cl2OS2. The lowest BCUT2D eigenvalue weighted by Crippen LogP contribution is -1.70. The van der Waals surface area contributed by atoms with E-state index in [1.165, 1.54) is 6.07 Å². The molecule has 0 N–H and O–H groups in total. The average molecular weight is 226 g/mol. The first-order valence-electron chi connectivity index (χ1n) is 2.66. The molecule has 0 heterocycles. The molecule has 0 saturated heterocycles. The van der Waals surface area contributed by atoms with E-state index >= 15 is 0 Å². The zero-order valence-corrected chi connectivity index (χ0v) is 8.36. The fraction of sp³-hybridized carbons (Fsp3) is 0. The zero-order chi connectivity index (χ0) is 8.27. The highest BCUT2D eigenvalue weighted by Crippen LogP contribution is 2.35. The van der Waals surface area contributed by atoms with E-state index in [1.807, 2.05) is 0 Å². The van der Waals surface area contributed by atoms with Gasteiger partial charge in [0.15, 0.2) is 5.75 Å². The van der Waals surface area contributed by atoms with Gasteiger partial charge in [0.1, 0.15) is 0 Å². The molecule has 0 saturated carbocycles. The number of benzene rings is 1. The summed E-state index contributed by atoms with van der Waals surface area (Å²) in [6.07, 6.45) is 0. The molecule has 1 nitrogen and oxygen atoms in total. The van der Waals surface area contributed by atoms with Crippen LogP contribution in [0.5, 0.6) is 5.75 Å². The Balaban J connectivity index is 3.02. The van der Waals surface area contributed by atoms with Crippen LogP contribution in [0.1, 0.15) is 0 Å². The first-order chi connectivity index (χ1) is 5.27. The molecule has 0 fully saturated rings. The maximum Gasteiger partial charge on any atom is 0.193 e. The monoisotopic (exact) mass is 225 g/mol. The van der Waals surface area contributed by atoms with Gasteiger partial charge in [0, 0.05) is 4.90 Å². The lowest BCUT2D eigenvalue weighted by Gasteiger charge is -1.97. The molecule has 5 heteroatoms. The van der Waals surface area contributed by atoms with Crippen molar-refractivity contribution in [2.45, 2.75) is 9.79 Å². The minimum atomic E-state index is -0.0699. The largest absolute Gasteiger partial charge is 0.289 e. The maximum absolute atomic E-state index is 11.0. The molecule has 11 heavy (non-hydrogen) atoms. The van der Waals surface area contributed by atoms with Crippen molar-refractivity contribution < 1.29 is 5.11 Å². The molecule has 0 bridgehead atoms. The van der Waals surface area contributed by atoms with E-state index in [4.69, 9.17) is 21.4 Å². The Morgan fingerprint density at radius 3 is 2.45 bits per heavy atom. The second-order valence-corrected chi connectivity index (χ2v) is 3.91. The highest BCUT2D eigenvalue weighted by molar-refractivity contribution is 8.21. The molecule has 0 spiro atoms. The molecule has 0 aliphatic rings. The second kappa shape index (κ2) is 4.36. The van der Waals surface area contributed by atoms with Crippen molar-refractivity contribution in [3.8, 4) is 5.75 Å². The molecule has 0 aliphatic carbocycles. The third-order valence-electron chi connectivity index (χ3n) is 1.09. The molecule has 0 aromatic heterocycles. The lowest BCUT2D eigenvalue weighted by atomic mass is 10.3. The molecule has 1 radical (unpaired) electrons. The van der Waals surface area contributed by atoms with Crippen molar-refractivity contribution in [2.75, 3.05) is 0 Å². The van der Waals surface area contributed by atoms with Gasteiger partial charge in [-0.1, -0.05) is 0 Å². The van der Waals surface area contributed by atoms with Gasteiger partial charge < -0.3 is 0 Å². The first kappa shape index (κ1) is 9.39. The lowest BCUT2D eigenvalue weighted by molar-refractivity contribution is 0.344. The van der Waals surface area contributed by atoms with Gasteiger partial charge in [-0.05, 0) is 61.5 Å². The third kappa shape index (κ3) is 2.37. The van der Waals surface area contributed by atoms with Crippen LogP contribution in [0, 0.1) is 0 Å². The van der Waals surface area contributed by atoms with E-state index in [-0.39, 0.29) is 5.75 Å². The van der Waals surface area contributed by atoms with E-state index in [0.717, 1.165) is 26.8 Å². The molecule has 0 aliphatic heterocycles. The summed E-state index contributed by atoms with van der Waals surface area (Å²) >= 11 is 0. The van der Waals surface area contributed by atoms with Gasteiger partial charge >= 0.3 is 0 Å². The molecule has 1 aromatic rings. The third-order valence-corrected chi connectivity index (χ3v) is 3.04. The van der Waals surface area contributed by atoms with Gasteiger partial charge in [-0.15, -0.1) is 0 Å². The van der Waals surface area contributed by atoms with Crippen LogP contribution in [0.2, 0.25) is 0 Å². The van der Waals surface area contributed by atoms with Crippen molar-refractivity contribution in [1.29, 1.82) is 0 Å². The van der Waals surface area contributed by atoms with E-state index in [0.29, 0.717) is 4.90 Å². The van der Waals surface area contributed by atoms with Crippen LogP contribution in [0.15, 0.2) is 28.0 Å². The summed E-state index contributed by atoms with van der Waals surface area (Å²) < 4.78 is 0. The first-order valence-corrected chi connectivity index (χ1v) is 5.94.